The van der Waals surface area contributed by atoms with Gasteiger partial charge in [-0.2, -0.15) is 0 Å². The van der Waals surface area contributed by atoms with Gasteiger partial charge in [0.1, 0.15) is 6.29 Å². The van der Waals surface area contributed by atoms with Gasteiger partial charge in [0, 0.05) is 0 Å². The molecule has 0 aliphatic heterocycles. The Morgan fingerprint density at radius 1 is 1.56 bits per heavy atom. The molecule has 9 heavy (non-hydrogen) atoms. The number of carbonyl (C=O) groups is 1. The van der Waals surface area contributed by atoms with Crippen molar-refractivity contribution in [3.63, 3.8) is 0 Å². The lowest BCUT2D eigenvalue weighted by molar-refractivity contribution is -0.104. The first-order chi connectivity index (χ1) is 4.43. The van der Waals surface area contributed by atoms with E-state index in [2.05, 4.69) is 6.08 Å². The summed E-state index contributed by atoms with van der Waals surface area (Å²) in [6.07, 6.45) is 11.1. The van der Waals surface area contributed by atoms with Crippen molar-refractivity contribution < 1.29 is 4.79 Å². The van der Waals surface area contributed by atoms with Crippen molar-refractivity contribution in [1.82, 2.24) is 0 Å². The summed E-state index contributed by atoms with van der Waals surface area (Å²) >= 11 is 0. The molecule has 0 saturated carbocycles. The Balaban J connectivity index is 2.47. The molecular formula is C8H8O. The van der Waals surface area contributed by atoms with E-state index in [0.29, 0.717) is 0 Å². The monoisotopic (exact) mass is 120 g/mol. The lowest BCUT2D eigenvalue weighted by atomic mass is 10.2. The zero-order valence-electron chi connectivity index (χ0n) is 5.08. The normalized spacial score (nSPS) is 16.7. The molecule has 0 fully saturated rings. The molecule has 0 N–H and O–H groups in total. The molecule has 0 saturated heterocycles. The van der Waals surface area contributed by atoms with Crippen LogP contribution in [-0.2, 0) is 4.79 Å². The average molecular weight is 120 g/mol. The van der Waals surface area contributed by atoms with E-state index in [1.54, 1.807) is 0 Å². The van der Waals surface area contributed by atoms with Crippen LogP contribution in [0, 0.1) is 0 Å². The first kappa shape index (κ1) is 6.02. The molecule has 0 aromatic carbocycles. The maximum absolute atomic E-state index is 9.83. The van der Waals surface area contributed by atoms with Crippen LogP contribution in [0.5, 0.6) is 0 Å². The predicted octanol–water partition coefficient (Wildman–Crippen LogP) is 1.63. The smallest absolute Gasteiger partial charge is 0.142 e. The first-order valence-electron chi connectivity index (χ1n) is 2.91. The van der Waals surface area contributed by atoms with Crippen molar-refractivity contribution in [2.45, 2.75) is 6.42 Å². The van der Waals surface area contributed by atoms with Gasteiger partial charge in [0.25, 0.3) is 0 Å². The molecule has 0 atom stereocenters. The van der Waals surface area contributed by atoms with Crippen LogP contribution in [0.3, 0.4) is 0 Å². The summed E-state index contributed by atoms with van der Waals surface area (Å²) in [6, 6.07) is 0. The third-order valence-electron chi connectivity index (χ3n) is 1.19. The van der Waals surface area contributed by atoms with Gasteiger partial charge in [0.05, 0.1) is 0 Å². The highest BCUT2D eigenvalue weighted by Gasteiger charge is 1.91. The van der Waals surface area contributed by atoms with Gasteiger partial charge in [0.15, 0.2) is 0 Å². The molecule has 0 aromatic heterocycles. The van der Waals surface area contributed by atoms with Crippen molar-refractivity contribution in [2.24, 2.45) is 0 Å². The minimum Gasteiger partial charge on any atom is -0.299 e. The number of aldehydes is 1. The van der Waals surface area contributed by atoms with Crippen LogP contribution in [0.1, 0.15) is 6.42 Å². The van der Waals surface area contributed by atoms with Crippen LogP contribution in [-0.4, -0.2) is 6.29 Å². The number of hydrogen-bond donors (Lipinski definition) is 0. The van der Waals surface area contributed by atoms with Gasteiger partial charge >= 0.3 is 0 Å². The van der Waals surface area contributed by atoms with Crippen molar-refractivity contribution in [1.29, 1.82) is 0 Å². The summed E-state index contributed by atoms with van der Waals surface area (Å²) in [6.45, 7) is 0. The molecular weight excluding hydrogens is 112 g/mol. The van der Waals surface area contributed by atoms with E-state index < -0.39 is 0 Å². The summed E-state index contributed by atoms with van der Waals surface area (Å²) in [7, 11) is 0. The van der Waals surface area contributed by atoms with Gasteiger partial charge in [-0.25, -0.2) is 0 Å². The van der Waals surface area contributed by atoms with E-state index in [1.165, 1.54) is 11.6 Å². The van der Waals surface area contributed by atoms with Crippen molar-refractivity contribution in [3.05, 3.63) is 36.0 Å². The molecule has 0 heterocycles. The van der Waals surface area contributed by atoms with Crippen LogP contribution in [0.15, 0.2) is 36.0 Å². The van der Waals surface area contributed by atoms with E-state index in [0.717, 1.165) is 12.7 Å². The molecule has 0 amide bonds. The van der Waals surface area contributed by atoms with E-state index >= 15 is 0 Å². The second-order valence-electron chi connectivity index (χ2n) is 1.87. The summed E-state index contributed by atoms with van der Waals surface area (Å²) in [4.78, 5) is 9.83. The van der Waals surface area contributed by atoms with Crippen LogP contribution < -0.4 is 0 Å². The Morgan fingerprint density at radius 3 is 3.00 bits per heavy atom. The summed E-state index contributed by atoms with van der Waals surface area (Å²) in [5.74, 6) is 0. The third-order valence-corrected chi connectivity index (χ3v) is 1.19. The highest BCUT2D eigenvalue weighted by molar-refractivity contribution is 5.66. The van der Waals surface area contributed by atoms with Crippen molar-refractivity contribution in [3.8, 4) is 0 Å². The average Bonchev–Trinajstić information content (AvgIpc) is 2.34. The van der Waals surface area contributed by atoms with Crippen LogP contribution in [0.2, 0.25) is 0 Å². The van der Waals surface area contributed by atoms with E-state index in [9.17, 15) is 4.79 Å². The molecule has 0 spiro atoms. The van der Waals surface area contributed by atoms with Gasteiger partial charge in [-0.05, 0) is 18.1 Å². The molecule has 1 nitrogen and oxygen atoms in total. The number of hydrogen-bond acceptors (Lipinski definition) is 1. The Hall–Kier alpha value is -1.11. The van der Waals surface area contributed by atoms with Crippen LogP contribution >= 0.6 is 0 Å². The van der Waals surface area contributed by atoms with E-state index in [-0.39, 0.29) is 0 Å². The molecule has 1 aliphatic rings. The van der Waals surface area contributed by atoms with E-state index in [1.807, 2.05) is 18.2 Å². The number of carbonyl (C=O) groups excluding carboxylic acids is 1. The molecule has 1 rings (SSSR count). The SMILES string of the molecule is O=C/C=C/C1=CC=CC1. The summed E-state index contributed by atoms with van der Waals surface area (Å²) in [5.41, 5.74) is 1.20. The maximum Gasteiger partial charge on any atom is 0.142 e. The fourth-order valence-electron chi connectivity index (χ4n) is 0.750. The van der Waals surface area contributed by atoms with Gasteiger partial charge in [-0.15, -0.1) is 0 Å². The van der Waals surface area contributed by atoms with Crippen molar-refractivity contribution >= 4 is 6.29 Å². The largest absolute Gasteiger partial charge is 0.299 e. The number of allylic oxidation sites excluding steroid dienone is 6. The fourth-order valence-corrected chi connectivity index (χ4v) is 0.750. The quantitative estimate of drug-likeness (QED) is 0.400. The Bertz CT molecular complexity index is 185. The first-order valence-corrected chi connectivity index (χ1v) is 2.91. The van der Waals surface area contributed by atoms with Crippen LogP contribution in [0.25, 0.3) is 0 Å². The summed E-state index contributed by atoms with van der Waals surface area (Å²) < 4.78 is 0. The minimum atomic E-state index is 0.791. The Kier molecular flexibility index (Phi) is 2.02. The molecule has 0 aromatic rings. The van der Waals surface area contributed by atoms with Gasteiger partial charge < -0.3 is 0 Å². The predicted molar refractivity (Wildman–Crippen MR) is 37.0 cm³/mol. The molecule has 0 bridgehead atoms. The molecule has 46 valence electrons. The Morgan fingerprint density at radius 2 is 2.44 bits per heavy atom. The maximum atomic E-state index is 9.83. The highest BCUT2D eigenvalue weighted by Crippen LogP contribution is 2.10. The third kappa shape index (κ3) is 1.68. The second kappa shape index (κ2) is 3.02. The second-order valence-corrected chi connectivity index (χ2v) is 1.87. The lowest BCUT2D eigenvalue weighted by Crippen LogP contribution is -1.68. The standard InChI is InChI=1S/C8H8O/c9-7-3-6-8-4-1-2-5-8/h1-4,6-7H,5H2/b6-3+. The van der Waals surface area contributed by atoms with Gasteiger partial charge in [-0.1, -0.05) is 24.3 Å². The molecule has 0 unspecified atom stereocenters. The van der Waals surface area contributed by atoms with Gasteiger partial charge in [0.2, 0.25) is 0 Å². The molecule has 1 heteroatoms. The summed E-state index contributed by atoms with van der Waals surface area (Å²) in [5, 5.41) is 0. The lowest BCUT2D eigenvalue weighted by Gasteiger charge is -1.84. The van der Waals surface area contributed by atoms with Crippen LogP contribution in [0.4, 0.5) is 0 Å². The number of rotatable bonds is 2. The zero-order chi connectivity index (χ0) is 6.53. The van der Waals surface area contributed by atoms with E-state index in [4.69, 9.17) is 0 Å². The zero-order valence-corrected chi connectivity index (χ0v) is 5.08. The molecule has 1 aliphatic carbocycles. The minimum absolute atomic E-state index is 0.791. The molecule has 0 radical (unpaired) electrons. The van der Waals surface area contributed by atoms with Crippen molar-refractivity contribution in [2.75, 3.05) is 0 Å². The highest BCUT2D eigenvalue weighted by atomic mass is 16.1. The topological polar surface area (TPSA) is 17.1 Å². The van der Waals surface area contributed by atoms with Gasteiger partial charge in [-0.3, -0.25) is 4.79 Å². The Labute approximate surface area is 54.4 Å². The fraction of sp³-hybridized carbons (Fsp3) is 0.125.